The molecule has 2 aromatic carbocycles. The van der Waals surface area contributed by atoms with E-state index in [4.69, 9.17) is 4.74 Å². The number of anilines is 1. The van der Waals surface area contributed by atoms with Crippen LogP contribution in [0.1, 0.15) is 28.8 Å². The quantitative estimate of drug-likeness (QED) is 0.740. The van der Waals surface area contributed by atoms with Crippen molar-refractivity contribution >= 4 is 21.6 Å². The zero-order valence-corrected chi connectivity index (χ0v) is 16.2. The van der Waals surface area contributed by atoms with Gasteiger partial charge in [-0.3, -0.25) is 9.10 Å². The number of nitrogens with one attached hydrogen (secondary N) is 1. The number of hydrogen-bond acceptors (Lipinski definition) is 4. The van der Waals surface area contributed by atoms with Crippen molar-refractivity contribution in [2.24, 2.45) is 0 Å². The fourth-order valence-corrected chi connectivity index (χ4v) is 4.54. The van der Waals surface area contributed by atoms with Crippen LogP contribution in [0.25, 0.3) is 0 Å². The van der Waals surface area contributed by atoms with Crippen molar-refractivity contribution in [3.63, 3.8) is 0 Å². The van der Waals surface area contributed by atoms with Gasteiger partial charge in [0.15, 0.2) is 0 Å². The summed E-state index contributed by atoms with van der Waals surface area (Å²) in [5.41, 5.74) is 2.26. The molecule has 0 atom stereocenters. The third kappa shape index (κ3) is 5.01. The second-order valence-electron chi connectivity index (χ2n) is 6.56. The molecule has 7 heteroatoms. The molecule has 0 unspecified atom stereocenters. The minimum Gasteiger partial charge on any atom is -0.494 e. The Morgan fingerprint density at radius 3 is 2.63 bits per heavy atom. The molecule has 0 saturated carbocycles. The van der Waals surface area contributed by atoms with Crippen LogP contribution >= 0.6 is 0 Å². The van der Waals surface area contributed by atoms with Gasteiger partial charge in [-0.05, 0) is 61.7 Å². The molecule has 0 bridgehead atoms. The van der Waals surface area contributed by atoms with Crippen LogP contribution in [0.4, 0.5) is 5.69 Å². The van der Waals surface area contributed by atoms with Gasteiger partial charge in [-0.1, -0.05) is 12.1 Å². The number of nitrogens with zero attached hydrogens (tertiary/aromatic N) is 1. The first-order valence-corrected chi connectivity index (χ1v) is 10.6. The molecule has 1 amide bonds. The van der Waals surface area contributed by atoms with Crippen LogP contribution < -0.4 is 14.4 Å². The number of sulfonamides is 1. The summed E-state index contributed by atoms with van der Waals surface area (Å²) in [5, 5.41) is 2.85. The van der Waals surface area contributed by atoms with E-state index in [1.54, 1.807) is 24.3 Å². The lowest BCUT2D eigenvalue weighted by molar-refractivity contribution is 0.0951. The van der Waals surface area contributed by atoms with Crippen LogP contribution in [-0.2, 0) is 10.0 Å². The van der Waals surface area contributed by atoms with Crippen molar-refractivity contribution in [2.45, 2.75) is 19.8 Å². The average Bonchev–Trinajstić information content (AvgIpc) is 3.00. The third-order valence-electron chi connectivity index (χ3n) is 4.38. The number of carbonyl (C=O) groups excluding carboxylic acids is 1. The van der Waals surface area contributed by atoms with Crippen LogP contribution in [0.5, 0.6) is 5.75 Å². The average molecular weight is 388 g/mol. The van der Waals surface area contributed by atoms with E-state index in [0.717, 1.165) is 11.3 Å². The van der Waals surface area contributed by atoms with Crippen molar-refractivity contribution in [1.29, 1.82) is 0 Å². The molecule has 1 fully saturated rings. The van der Waals surface area contributed by atoms with Gasteiger partial charge in [0.1, 0.15) is 5.75 Å². The van der Waals surface area contributed by atoms with Crippen molar-refractivity contribution in [3.8, 4) is 5.75 Å². The summed E-state index contributed by atoms with van der Waals surface area (Å²) in [7, 11) is -3.20. The summed E-state index contributed by atoms with van der Waals surface area (Å²) < 4.78 is 30.9. The van der Waals surface area contributed by atoms with Gasteiger partial charge in [-0.25, -0.2) is 8.42 Å². The van der Waals surface area contributed by atoms with Gasteiger partial charge in [0.2, 0.25) is 10.0 Å². The van der Waals surface area contributed by atoms with Crippen LogP contribution in [0.3, 0.4) is 0 Å². The zero-order chi connectivity index (χ0) is 19.3. The van der Waals surface area contributed by atoms with Crippen LogP contribution in [0, 0.1) is 6.92 Å². The van der Waals surface area contributed by atoms with Crippen LogP contribution in [-0.4, -0.2) is 39.8 Å². The van der Waals surface area contributed by atoms with Gasteiger partial charge < -0.3 is 10.1 Å². The first kappa shape index (κ1) is 19.2. The monoisotopic (exact) mass is 388 g/mol. The number of ether oxygens (including phenoxy) is 1. The number of hydrogen-bond donors (Lipinski definition) is 1. The van der Waals surface area contributed by atoms with E-state index in [0.29, 0.717) is 43.8 Å². The SMILES string of the molecule is Cc1cccc(OCCCNC(=O)c2ccc(N3CCCS3(=O)=O)cc2)c1. The summed E-state index contributed by atoms with van der Waals surface area (Å²) in [6.45, 7) is 3.54. The number of benzene rings is 2. The van der Waals surface area contributed by atoms with E-state index in [9.17, 15) is 13.2 Å². The van der Waals surface area contributed by atoms with E-state index in [-0.39, 0.29) is 11.7 Å². The molecule has 1 heterocycles. The molecular formula is C20H24N2O4S. The third-order valence-corrected chi connectivity index (χ3v) is 6.25. The number of amides is 1. The molecule has 1 N–H and O–H groups in total. The minimum absolute atomic E-state index is 0.179. The van der Waals surface area contributed by atoms with E-state index >= 15 is 0 Å². The van der Waals surface area contributed by atoms with Gasteiger partial charge in [0.05, 0.1) is 18.0 Å². The molecule has 1 aliphatic heterocycles. The molecule has 3 rings (SSSR count). The molecule has 27 heavy (non-hydrogen) atoms. The molecule has 0 aliphatic carbocycles. The van der Waals surface area contributed by atoms with Crippen molar-refractivity contribution in [1.82, 2.24) is 5.32 Å². The predicted octanol–water partition coefficient (Wildman–Crippen LogP) is 2.73. The Labute approximate surface area is 160 Å². The lowest BCUT2D eigenvalue weighted by atomic mass is 10.2. The van der Waals surface area contributed by atoms with E-state index in [1.165, 1.54) is 4.31 Å². The first-order valence-electron chi connectivity index (χ1n) is 9.04. The maximum absolute atomic E-state index is 12.2. The number of carbonyl (C=O) groups is 1. The Kier molecular flexibility index (Phi) is 6.01. The van der Waals surface area contributed by atoms with Crippen molar-refractivity contribution < 1.29 is 17.9 Å². The zero-order valence-electron chi connectivity index (χ0n) is 15.3. The van der Waals surface area contributed by atoms with E-state index in [1.807, 2.05) is 31.2 Å². The van der Waals surface area contributed by atoms with Crippen LogP contribution in [0.15, 0.2) is 48.5 Å². The van der Waals surface area contributed by atoms with Gasteiger partial charge in [-0.15, -0.1) is 0 Å². The van der Waals surface area contributed by atoms with E-state index < -0.39 is 10.0 Å². The summed E-state index contributed by atoms with van der Waals surface area (Å²) in [6.07, 6.45) is 1.33. The Bertz CT molecular complexity index is 894. The topological polar surface area (TPSA) is 75.7 Å². The molecule has 1 aliphatic rings. The molecule has 2 aromatic rings. The van der Waals surface area contributed by atoms with Crippen LogP contribution in [0.2, 0.25) is 0 Å². The fraction of sp³-hybridized carbons (Fsp3) is 0.350. The molecule has 1 saturated heterocycles. The van der Waals surface area contributed by atoms with Gasteiger partial charge in [0, 0.05) is 18.7 Å². The molecule has 0 spiro atoms. The lowest BCUT2D eigenvalue weighted by Gasteiger charge is -2.17. The Hall–Kier alpha value is -2.54. The molecule has 144 valence electrons. The summed E-state index contributed by atoms with van der Waals surface area (Å²) in [5.74, 6) is 0.829. The highest BCUT2D eigenvalue weighted by molar-refractivity contribution is 7.93. The minimum atomic E-state index is -3.20. The second-order valence-corrected chi connectivity index (χ2v) is 8.58. The summed E-state index contributed by atoms with van der Waals surface area (Å²) >= 11 is 0. The lowest BCUT2D eigenvalue weighted by Crippen LogP contribution is -2.26. The first-order chi connectivity index (χ1) is 13.0. The van der Waals surface area contributed by atoms with Gasteiger partial charge >= 0.3 is 0 Å². The maximum Gasteiger partial charge on any atom is 0.251 e. The molecule has 6 nitrogen and oxygen atoms in total. The van der Waals surface area contributed by atoms with Crippen molar-refractivity contribution in [2.75, 3.05) is 29.8 Å². The Morgan fingerprint density at radius 2 is 1.96 bits per heavy atom. The highest BCUT2D eigenvalue weighted by Crippen LogP contribution is 2.24. The number of rotatable bonds is 7. The van der Waals surface area contributed by atoms with Crippen molar-refractivity contribution in [3.05, 3.63) is 59.7 Å². The molecule has 0 aromatic heterocycles. The maximum atomic E-state index is 12.2. The summed E-state index contributed by atoms with van der Waals surface area (Å²) in [6, 6.07) is 14.5. The van der Waals surface area contributed by atoms with Gasteiger partial charge in [-0.2, -0.15) is 0 Å². The highest BCUT2D eigenvalue weighted by atomic mass is 32.2. The summed E-state index contributed by atoms with van der Waals surface area (Å²) in [4.78, 5) is 12.2. The molecule has 0 radical (unpaired) electrons. The molecular weight excluding hydrogens is 364 g/mol. The highest BCUT2D eigenvalue weighted by Gasteiger charge is 2.28. The Balaban J connectivity index is 1.44. The largest absolute Gasteiger partial charge is 0.494 e. The standard InChI is InChI=1S/C20H24N2O4S/c1-16-5-2-6-19(15-16)26-13-3-11-21-20(23)17-7-9-18(10-8-17)22-12-4-14-27(22,24)25/h2,5-10,15H,3-4,11-14H2,1H3,(H,21,23). The van der Waals surface area contributed by atoms with Gasteiger partial charge in [0.25, 0.3) is 5.91 Å². The Morgan fingerprint density at radius 1 is 1.19 bits per heavy atom. The number of aryl methyl sites for hydroxylation is 1. The normalized spacial score (nSPS) is 15.5. The second kappa shape index (κ2) is 8.43. The predicted molar refractivity (Wildman–Crippen MR) is 106 cm³/mol. The smallest absolute Gasteiger partial charge is 0.251 e. The fourth-order valence-electron chi connectivity index (χ4n) is 2.98. The van der Waals surface area contributed by atoms with E-state index in [2.05, 4.69) is 5.32 Å².